The highest BCUT2D eigenvalue weighted by Crippen LogP contribution is 2.17. The van der Waals surface area contributed by atoms with Crippen molar-refractivity contribution in [3.8, 4) is 0 Å². The van der Waals surface area contributed by atoms with Crippen molar-refractivity contribution in [1.82, 2.24) is 20.4 Å². The predicted octanol–water partition coefficient (Wildman–Crippen LogP) is 2.16. The third kappa shape index (κ3) is 8.79. The Morgan fingerprint density at radius 1 is 1.07 bits per heavy atom. The molecule has 0 radical (unpaired) electrons. The highest BCUT2D eigenvalue weighted by Gasteiger charge is 2.19. The SMILES string of the molecule is CCNC(=NCC1CCN(CCOC)CC1)NCCCN1CCCCC1C. The number of hydrogen-bond donors (Lipinski definition) is 2. The number of guanidine groups is 1. The molecule has 2 rings (SSSR count). The number of ether oxygens (including phenoxy) is 1. The van der Waals surface area contributed by atoms with E-state index in [4.69, 9.17) is 9.73 Å². The molecule has 27 heavy (non-hydrogen) atoms. The Labute approximate surface area is 167 Å². The van der Waals surface area contributed by atoms with Crippen LogP contribution in [0, 0.1) is 5.92 Å². The van der Waals surface area contributed by atoms with E-state index in [1.165, 1.54) is 64.7 Å². The zero-order chi connectivity index (χ0) is 19.3. The molecule has 0 spiro atoms. The molecule has 2 heterocycles. The third-order valence-corrected chi connectivity index (χ3v) is 6.03. The van der Waals surface area contributed by atoms with Gasteiger partial charge in [0.1, 0.15) is 0 Å². The van der Waals surface area contributed by atoms with Crippen LogP contribution in [-0.4, -0.2) is 87.9 Å². The first-order valence-corrected chi connectivity index (χ1v) is 11.2. The number of nitrogens with one attached hydrogen (secondary N) is 2. The molecule has 6 heteroatoms. The van der Waals surface area contributed by atoms with Crippen molar-refractivity contribution in [2.45, 2.75) is 58.4 Å². The van der Waals surface area contributed by atoms with Gasteiger partial charge in [-0.2, -0.15) is 0 Å². The Bertz CT molecular complexity index is 409. The van der Waals surface area contributed by atoms with Gasteiger partial charge in [0.05, 0.1) is 6.61 Å². The fourth-order valence-electron chi connectivity index (χ4n) is 4.15. The summed E-state index contributed by atoms with van der Waals surface area (Å²) in [6.07, 6.45) is 7.82. The molecule has 0 aromatic rings. The van der Waals surface area contributed by atoms with Crippen LogP contribution >= 0.6 is 0 Å². The first kappa shape index (κ1) is 22.4. The van der Waals surface area contributed by atoms with Gasteiger partial charge in [-0.15, -0.1) is 0 Å². The molecule has 1 unspecified atom stereocenters. The van der Waals surface area contributed by atoms with E-state index in [1.54, 1.807) is 7.11 Å². The highest BCUT2D eigenvalue weighted by molar-refractivity contribution is 5.79. The van der Waals surface area contributed by atoms with Crippen molar-refractivity contribution in [3.05, 3.63) is 0 Å². The zero-order valence-electron chi connectivity index (χ0n) is 18.0. The molecule has 0 aliphatic carbocycles. The van der Waals surface area contributed by atoms with E-state index in [1.807, 2.05) is 0 Å². The number of hydrogen-bond acceptors (Lipinski definition) is 4. The van der Waals surface area contributed by atoms with Crippen molar-refractivity contribution < 1.29 is 4.74 Å². The second-order valence-corrected chi connectivity index (χ2v) is 8.16. The number of methoxy groups -OCH3 is 1. The standard InChI is InChI=1S/C21H43N5O/c1-4-22-21(23-11-7-13-26-12-6-5-8-19(26)2)24-18-20-9-14-25(15-10-20)16-17-27-3/h19-20H,4-18H2,1-3H3,(H2,22,23,24). The van der Waals surface area contributed by atoms with Crippen molar-refractivity contribution in [3.63, 3.8) is 0 Å². The lowest BCUT2D eigenvalue weighted by atomic mass is 9.97. The average Bonchev–Trinajstić information content (AvgIpc) is 2.69. The summed E-state index contributed by atoms with van der Waals surface area (Å²) in [6, 6.07) is 0.760. The van der Waals surface area contributed by atoms with Gasteiger partial charge >= 0.3 is 0 Å². The van der Waals surface area contributed by atoms with E-state index in [0.29, 0.717) is 5.92 Å². The molecule has 6 nitrogen and oxygen atoms in total. The lowest BCUT2D eigenvalue weighted by molar-refractivity contribution is 0.121. The van der Waals surface area contributed by atoms with Crippen molar-refractivity contribution in [1.29, 1.82) is 0 Å². The monoisotopic (exact) mass is 381 g/mol. The van der Waals surface area contributed by atoms with Crippen LogP contribution in [-0.2, 0) is 4.74 Å². The second-order valence-electron chi connectivity index (χ2n) is 8.16. The van der Waals surface area contributed by atoms with E-state index >= 15 is 0 Å². The quantitative estimate of drug-likeness (QED) is 0.345. The Hall–Kier alpha value is -0.850. The van der Waals surface area contributed by atoms with Crippen LogP contribution < -0.4 is 10.6 Å². The van der Waals surface area contributed by atoms with Crippen molar-refractivity contribution in [2.24, 2.45) is 10.9 Å². The normalized spacial score (nSPS) is 23.5. The average molecular weight is 382 g/mol. The minimum absolute atomic E-state index is 0.716. The van der Waals surface area contributed by atoms with Crippen LogP contribution in [0.1, 0.15) is 52.4 Å². The summed E-state index contributed by atoms with van der Waals surface area (Å²) < 4.78 is 5.19. The topological polar surface area (TPSA) is 52.1 Å². The van der Waals surface area contributed by atoms with Gasteiger partial charge in [0.25, 0.3) is 0 Å². The maximum Gasteiger partial charge on any atom is 0.191 e. The number of nitrogens with zero attached hydrogens (tertiary/aromatic N) is 3. The van der Waals surface area contributed by atoms with Gasteiger partial charge in [0, 0.05) is 45.9 Å². The smallest absolute Gasteiger partial charge is 0.191 e. The fraction of sp³-hybridized carbons (Fsp3) is 0.952. The zero-order valence-corrected chi connectivity index (χ0v) is 18.0. The lowest BCUT2D eigenvalue weighted by Gasteiger charge is -2.33. The van der Waals surface area contributed by atoms with Crippen LogP contribution in [0.2, 0.25) is 0 Å². The minimum Gasteiger partial charge on any atom is -0.383 e. The molecular formula is C21H43N5O. The maximum atomic E-state index is 5.19. The highest BCUT2D eigenvalue weighted by atomic mass is 16.5. The predicted molar refractivity (Wildman–Crippen MR) is 115 cm³/mol. The van der Waals surface area contributed by atoms with Crippen LogP contribution in [0.5, 0.6) is 0 Å². The molecule has 2 N–H and O–H groups in total. The number of likely N-dealkylation sites (tertiary alicyclic amines) is 2. The van der Waals surface area contributed by atoms with Gasteiger partial charge < -0.3 is 25.2 Å². The van der Waals surface area contributed by atoms with Crippen LogP contribution in [0.25, 0.3) is 0 Å². The molecular weight excluding hydrogens is 338 g/mol. The molecule has 0 amide bonds. The second kappa shape index (κ2) is 13.3. The third-order valence-electron chi connectivity index (χ3n) is 6.03. The fourth-order valence-corrected chi connectivity index (χ4v) is 4.15. The molecule has 158 valence electrons. The van der Waals surface area contributed by atoms with E-state index < -0.39 is 0 Å². The summed E-state index contributed by atoms with van der Waals surface area (Å²) in [5.74, 6) is 1.71. The Balaban J connectivity index is 1.63. The number of rotatable bonds is 10. The largest absolute Gasteiger partial charge is 0.383 e. The summed E-state index contributed by atoms with van der Waals surface area (Å²) in [4.78, 5) is 10.0. The number of piperidine rings is 2. The summed E-state index contributed by atoms with van der Waals surface area (Å²) in [7, 11) is 1.78. The van der Waals surface area contributed by atoms with Crippen molar-refractivity contribution >= 4 is 5.96 Å². The molecule has 1 atom stereocenters. The van der Waals surface area contributed by atoms with Crippen LogP contribution in [0.4, 0.5) is 0 Å². The molecule has 2 fully saturated rings. The Morgan fingerprint density at radius 3 is 2.59 bits per heavy atom. The van der Waals surface area contributed by atoms with Gasteiger partial charge in [-0.3, -0.25) is 4.99 Å². The van der Waals surface area contributed by atoms with Gasteiger partial charge in [-0.05, 0) is 71.5 Å². The van der Waals surface area contributed by atoms with Gasteiger partial charge in [0.2, 0.25) is 0 Å². The van der Waals surface area contributed by atoms with Gasteiger partial charge in [-0.25, -0.2) is 0 Å². The molecule has 2 aliphatic heterocycles. The van der Waals surface area contributed by atoms with E-state index in [0.717, 1.165) is 44.8 Å². The molecule has 0 bridgehead atoms. The lowest BCUT2D eigenvalue weighted by Crippen LogP contribution is -2.41. The number of aliphatic imine (C=N–C) groups is 1. The summed E-state index contributed by atoms with van der Waals surface area (Å²) in [5, 5.41) is 6.94. The Kier molecular flexibility index (Phi) is 11.1. The first-order valence-electron chi connectivity index (χ1n) is 11.2. The summed E-state index contributed by atoms with van der Waals surface area (Å²) in [6.45, 7) is 14.1. The van der Waals surface area contributed by atoms with Gasteiger partial charge in [-0.1, -0.05) is 6.42 Å². The van der Waals surface area contributed by atoms with Crippen molar-refractivity contribution in [2.75, 3.05) is 66.1 Å². The van der Waals surface area contributed by atoms with Crippen LogP contribution in [0.15, 0.2) is 4.99 Å². The van der Waals surface area contributed by atoms with E-state index in [9.17, 15) is 0 Å². The Morgan fingerprint density at radius 2 is 1.89 bits per heavy atom. The molecule has 0 aromatic heterocycles. The molecule has 0 aromatic carbocycles. The molecule has 2 saturated heterocycles. The van der Waals surface area contributed by atoms with Crippen LogP contribution in [0.3, 0.4) is 0 Å². The molecule has 0 saturated carbocycles. The first-order chi connectivity index (χ1) is 13.2. The van der Waals surface area contributed by atoms with E-state index in [-0.39, 0.29) is 0 Å². The summed E-state index contributed by atoms with van der Waals surface area (Å²) >= 11 is 0. The maximum absolute atomic E-state index is 5.19. The van der Waals surface area contributed by atoms with E-state index in [2.05, 4.69) is 34.3 Å². The van der Waals surface area contributed by atoms with Gasteiger partial charge in [0.15, 0.2) is 5.96 Å². The molecule has 2 aliphatic rings. The minimum atomic E-state index is 0.716. The summed E-state index contributed by atoms with van der Waals surface area (Å²) in [5.41, 5.74) is 0.